The van der Waals surface area contributed by atoms with E-state index in [1.54, 1.807) is 16.7 Å². The molecule has 0 radical (unpaired) electrons. The topological polar surface area (TPSA) is 75.5 Å². The van der Waals surface area contributed by atoms with Gasteiger partial charge in [-0.2, -0.15) is 0 Å². The van der Waals surface area contributed by atoms with Gasteiger partial charge in [0, 0.05) is 24.4 Å². The van der Waals surface area contributed by atoms with E-state index in [0.717, 1.165) is 12.8 Å². The lowest BCUT2D eigenvalue weighted by atomic mass is 9.77. The van der Waals surface area contributed by atoms with Crippen LogP contribution in [0.5, 0.6) is 0 Å². The number of imidazole rings is 1. The number of carbonyl (C=O) groups is 2. The van der Waals surface area contributed by atoms with Crippen molar-refractivity contribution in [3.8, 4) is 0 Å². The maximum Gasteiger partial charge on any atom is 0.243 e. The smallest absolute Gasteiger partial charge is 0.243 e. The average Bonchev–Trinajstić information content (AvgIpc) is 3.09. The van der Waals surface area contributed by atoms with Gasteiger partial charge < -0.3 is 15.0 Å². The number of fused-ring (bicyclic) bond motifs is 1. The van der Waals surface area contributed by atoms with Gasteiger partial charge in [-0.25, -0.2) is 9.37 Å². The van der Waals surface area contributed by atoms with Crippen LogP contribution in [0.4, 0.5) is 4.39 Å². The zero-order chi connectivity index (χ0) is 17.3. The molecule has 0 aliphatic carbocycles. The number of hydrogen-bond donors (Lipinski definition) is 2. The SMILES string of the molecule is CCC1(CC)CNC(=O)[C@H]1NC(=O)Cc1cn2cc(F)ccc2n1. The standard InChI is InChI=1S/C17H21FN4O2/c1-3-17(4-2)10-19-16(24)15(17)21-14(23)7-12-9-22-8-11(18)5-6-13(22)20-12/h5-6,8-9,15H,3-4,7,10H2,1-2H3,(H,19,24)(H,21,23)/t15-/m1/s1. The minimum atomic E-state index is -0.519. The molecule has 1 fully saturated rings. The van der Waals surface area contributed by atoms with Gasteiger partial charge in [-0.3, -0.25) is 9.59 Å². The fourth-order valence-corrected chi connectivity index (χ4v) is 3.35. The van der Waals surface area contributed by atoms with Crippen LogP contribution in [-0.4, -0.2) is 33.8 Å². The van der Waals surface area contributed by atoms with Crippen molar-refractivity contribution in [2.24, 2.45) is 5.41 Å². The Bertz CT molecular complexity index is 782. The van der Waals surface area contributed by atoms with Crippen LogP contribution in [0.3, 0.4) is 0 Å². The second-order valence-corrected chi connectivity index (χ2v) is 6.31. The number of carbonyl (C=O) groups excluding carboxylic acids is 2. The van der Waals surface area contributed by atoms with Crippen LogP contribution < -0.4 is 10.6 Å². The van der Waals surface area contributed by atoms with Crippen molar-refractivity contribution in [2.45, 2.75) is 39.2 Å². The molecule has 3 heterocycles. The minimum absolute atomic E-state index is 0.0522. The summed E-state index contributed by atoms with van der Waals surface area (Å²) in [6, 6.07) is 2.36. The maximum absolute atomic E-state index is 13.2. The Balaban J connectivity index is 1.73. The first-order valence-corrected chi connectivity index (χ1v) is 8.17. The first-order chi connectivity index (χ1) is 11.5. The van der Waals surface area contributed by atoms with E-state index in [0.29, 0.717) is 17.9 Å². The highest BCUT2D eigenvalue weighted by atomic mass is 19.1. The van der Waals surface area contributed by atoms with E-state index in [2.05, 4.69) is 15.6 Å². The number of aromatic nitrogens is 2. The summed E-state index contributed by atoms with van der Waals surface area (Å²) in [4.78, 5) is 28.7. The van der Waals surface area contributed by atoms with Gasteiger partial charge in [0.1, 0.15) is 17.5 Å². The molecule has 3 rings (SSSR count). The van der Waals surface area contributed by atoms with Crippen molar-refractivity contribution in [2.75, 3.05) is 6.54 Å². The summed E-state index contributed by atoms with van der Waals surface area (Å²) in [5.74, 6) is -0.759. The van der Waals surface area contributed by atoms with Crippen LogP contribution in [-0.2, 0) is 16.0 Å². The van der Waals surface area contributed by atoms with E-state index >= 15 is 0 Å². The molecule has 7 heteroatoms. The van der Waals surface area contributed by atoms with Crippen LogP contribution in [0.15, 0.2) is 24.5 Å². The third kappa shape index (κ3) is 2.86. The quantitative estimate of drug-likeness (QED) is 0.870. The fourth-order valence-electron chi connectivity index (χ4n) is 3.35. The first-order valence-electron chi connectivity index (χ1n) is 8.17. The van der Waals surface area contributed by atoms with E-state index in [4.69, 9.17) is 0 Å². The second-order valence-electron chi connectivity index (χ2n) is 6.31. The van der Waals surface area contributed by atoms with Gasteiger partial charge in [0.25, 0.3) is 0 Å². The molecule has 1 aliphatic rings. The summed E-state index contributed by atoms with van der Waals surface area (Å²) in [7, 11) is 0. The summed E-state index contributed by atoms with van der Waals surface area (Å²) < 4.78 is 14.8. The monoisotopic (exact) mass is 332 g/mol. The van der Waals surface area contributed by atoms with Gasteiger partial charge in [0.2, 0.25) is 11.8 Å². The molecule has 0 bridgehead atoms. The normalized spacial score (nSPS) is 19.5. The molecule has 128 valence electrons. The molecular weight excluding hydrogens is 311 g/mol. The molecule has 2 aromatic rings. The Morgan fingerprint density at radius 1 is 1.42 bits per heavy atom. The van der Waals surface area contributed by atoms with E-state index < -0.39 is 6.04 Å². The minimum Gasteiger partial charge on any atom is -0.354 e. The lowest BCUT2D eigenvalue weighted by Gasteiger charge is -2.31. The predicted octanol–water partition coefficient (Wildman–Crippen LogP) is 1.44. The number of pyridine rings is 1. The number of halogens is 1. The Morgan fingerprint density at radius 2 is 2.17 bits per heavy atom. The molecule has 2 amide bonds. The number of amides is 2. The highest BCUT2D eigenvalue weighted by Gasteiger charge is 2.46. The summed E-state index contributed by atoms with van der Waals surface area (Å²) in [5.41, 5.74) is 0.874. The largest absolute Gasteiger partial charge is 0.354 e. The number of nitrogens with one attached hydrogen (secondary N) is 2. The van der Waals surface area contributed by atoms with Gasteiger partial charge in [0.05, 0.1) is 12.1 Å². The Kier molecular flexibility index (Phi) is 4.26. The fraction of sp³-hybridized carbons (Fsp3) is 0.471. The molecule has 24 heavy (non-hydrogen) atoms. The van der Waals surface area contributed by atoms with Gasteiger partial charge in [0.15, 0.2) is 0 Å². The van der Waals surface area contributed by atoms with E-state index in [9.17, 15) is 14.0 Å². The molecule has 6 nitrogen and oxygen atoms in total. The summed E-state index contributed by atoms with van der Waals surface area (Å²) >= 11 is 0. The Labute approximate surface area is 139 Å². The van der Waals surface area contributed by atoms with Crippen molar-refractivity contribution in [1.29, 1.82) is 0 Å². The third-order valence-corrected chi connectivity index (χ3v) is 5.01. The number of nitrogens with zero attached hydrogens (tertiary/aromatic N) is 2. The Hall–Kier alpha value is -2.44. The van der Waals surface area contributed by atoms with Crippen molar-refractivity contribution in [3.05, 3.63) is 36.0 Å². The first kappa shape index (κ1) is 16.4. The highest BCUT2D eigenvalue weighted by Crippen LogP contribution is 2.34. The van der Waals surface area contributed by atoms with Crippen molar-refractivity contribution in [3.63, 3.8) is 0 Å². The van der Waals surface area contributed by atoms with E-state index in [1.165, 1.54) is 12.3 Å². The lowest BCUT2D eigenvalue weighted by molar-refractivity contribution is -0.128. The van der Waals surface area contributed by atoms with Crippen LogP contribution >= 0.6 is 0 Å². The van der Waals surface area contributed by atoms with Gasteiger partial charge >= 0.3 is 0 Å². The van der Waals surface area contributed by atoms with Gasteiger partial charge in [-0.1, -0.05) is 13.8 Å². The summed E-state index contributed by atoms with van der Waals surface area (Å²) in [5, 5.41) is 5.70. The molecule has 1 aliphatic heterocycles. The molecule has 0 spiro atoms. The van der Waals surface area contributed by atoms with Crippen LogP contribution in [0.25, 0.3) is 5.65 Å². The third-order valence-electron chi connectivity index (χ3n) is 5.01. The zero-order valence-corrected chi connectivity index (χ0v) is 13.8. The van der Waals surface area contributed by atoms with Crippen LogP contribution in [0.1, 0.15) is 32.4 Å². The lowest BCUT2D eigenvalue weighted by Crippen LogP contribution is -2.49. The number of rotatable bonds is 5. The molecular formula is C17H21FN4O2. The van der Waals surface area contributed by atoms with Crippen LogP contribution in [0, 0.1) is 11.2 Å². The molecule has 2 N–H and O–H groups in total. The molecule has 0 aromatic carbocycles. The summed E-state index contributed by atoms with van der Waals surface area (Å²) in [6.07, 6.45) is 4.60. The van der Waals surface area contributed by atoms with Crippen LogP contribution in [0.2, 0.25) is 0 Å². The van der Waals surface area contributed by atoms with E-state index in [1.807, 2.05) is 13.8 Å². The van der Waals surface area contributed by atoms with Crippen molar-refractivity contribution in [1.82, 2.24) is 20.0 Å². The van der Waals surface area contributed by atoms with Crippen molar-refractivity contribution < 1.29 is 14.0 Å². The van der Waals surface area contributed by atoms with Crippen molar-refractivity contribution >= 4 is 17.5 Å². The predicted molar refractivity (Wildman–Crippen MR) is 86.8 cm³/mol. The second kappa shape index (κ2) is 6.22. The van der Waals surface area contributed by atoms with E-state index in [-0.39, 0.29) is 29.5 Å². The molecule has 0 unspecified atom stereocenters. The molecule has 1 atom stereocenters. The molecule has 2 aromatic heterocycles. The van der Waals surface area contributed by atoms with Gasteiger partial charge in [-0.05, 0) is 25.0 Å². The Morgan fingerprint density at radius 3 is 2.88 bits per heavy atom. The molecule has 1 saturated heterocycles. The summed E-state index contributed by atoms with van der Waals surface area (Å²) in [6.45, 7) is 4.64. The van der Waals surface area contributed by atoms with Gasteiger partial charge in [-0.15, -0.1) is 0 Å². The maximum atomic E-state index is 13.2. The highest BCUT2D eigenvalue weighted by molar-refractivity contribution is 5.90. The molecule has 0 saturated carbocycles. The number of hydrogen-bond acceptors (Lipinski definition) is 3. The zero-order valence-electron chi connectivity index (χ0n) is 13.8. The average molecular weight is 332 g/mol.